The van der Waals surface area contributed by atoms with Crippen molar-refractivity contribution in [1.29, 1.82) is 0 Å². The van der Waals surface area contributed by atoms with Gasteiger partial charge in [0.15, 0.2) is 0 Å². The number of benzene rings is 1. The molecule has 1 aromatic heterocycles. The summed E-state index contributed by atoms with van der Waals surface area (Å²) in [5, 5.41) is 3.00. The summed E-state index contributed by atoms with van der Waals surface area (Å²) in [7, 11) is 0. The third-order valence-corrected chi connectivity index (χ3v) is 4.68. The van der Waals surface area contributed by atoms with Crippen LogP contribution in [0.1, 0.15) is 48.1 Å². The summed E-state index contributed by atoms with van der Waals surface area (Å²) < 4.78 is 13.7. The minimum Gasteiger partial charge on any atom is -0.492 e. The second-order valence-corrected chi connectivity index (χ2v) is 6.50. The van der Waals surface area contributed by atoms with Crippen LogP contribution < -0.4 is 14.8 Å². The number of hydrogen-bond acceptors (Lipinski definition) is 3. The fraction of sp³-hybridized carbons (Fsp3) is 0.450. The Labute approximate surface area is 148 Å². The summed E-state index contributed by atoms with van der Waals surface area (Å²) in [6.07, 6.45) is 1.01. The molecule has 0 saturated heterocycles. The molecule has 5 nitrogen and oxygen atoms in total. The lowest BCUT2D eigenvalue weighted by molar-refractivity contribution is 0.102. The third-order valence-electron chi connectivity index (χ3n) is 4.68. The molecule has 5 heteroatoms. The maximum Gasteiger partial charge on any atom is 0.257 e. The normalized spacial score (nSPS) is 15.6. The second kappa shape index (κ2) is 6.82. The molecule has 0 spiro atoms. The first-order valence-corrected chi connectivity index (χ1v) is 8.89. The lowest BCUT2D eigenvalue weighted by atomic mass is 10.1. The van der Waals surface area contributed by atoms with Crippen LogP contribution in [0.2, 0.25) is 0 Å². The maximum absolute atomic E-state index is 12.8. The smallest absolute Gasteiger partial charge is 0.257 e. The monoisotopic (exact) mass is 342 g/mol. The van der Waals surface area contributed by atoms with E-state index < -0.39 is 0 Å². The minimum absolute atomic E-state index is 0.125. The van der Waals surface area contributed by atoms with Gasteiger partial charge in [0.25, 0.3) is 5.91 Å². The van der Waals surface area contributed by atoms with Gasteiger partial charge < -0.3 is 19.4 Å². The number of carbonyl (C=O) groups is 1. The van der Waals surface area contributed by atoms with Gasteiger partial charge in [-0.05, 0) is 46.8 Å². The number of hydrogen-bond donors (Lipinski definition) is 1. The first-order chi connectivity index (χ1) is 11.9. The molecule has 2 heterocycles. The Hall–Kier alpha value is -2.43. The SMILES string of the molecule is CCOc1cc2c(cc1NC(=O)c1cc(C)n(CC)c1C)OC(C)C2. The van der Waals surface area contributed by atoms with Gasteiger partial charge in [0, 0.05) is 36.0 Å². The fourth-order valence-electron chi connectivity index (χ4n) is 3.52. The number of aryl methyl sites for hydroxylation is 1. The zero-order valence-corrected chi connectivity index (χ0v) is 15.6. The molecule has 0 aliphatic carbocycles. The Balaban J connectivity index is 1.92. The number of nitrogens with zero attached hydrogens (tertiary/aromatic N) is 1. The van der Waals surface area contributed by atoms with Crippen molar-refractivity contribution in [2.75, 3.05) is 11.9 Å². The topological polar surface area (TPSA) is 52.5 Å². The summed E-state index contributed by atoms with van der Waals surface area (Å²) in [6.45, 7) is 11.4. The van der Waals surface area contributed by atoms with Crippen LogP contribution in [0.4, 0.5) is 5.69 Å². The van der Waals surface area contributed by atoms with Crippen LogP contribution in [0.15, 0.2) is 18.2 Å². The predicted octanol–water partition coefficient (Wildman–Crippen LogP) is 4.10. The van der Waals surface area contributed by atoms with Crippen molar-refractivity contribution in [3.05, 3.63) is 40.7 Å². The lowest BCUT2D eigenvalue weighted by Gasteiger charge is -2.14. The van der Waals surface area contributed by atoms with Crippen molar-refractivity contribution in [3.63, 3.8) is 0 Å². The van der Waals surface area contributed by atoms with E-state index in [0.717, 1.165) is 35.7 Å². The molecule has 0 fully saturated rings. The van der Waals surface area contributed by atoms with E-state index in [1.54, 1.807) is 0 Å². The van der Waals surface area contributed by atoms with Crippen molar-refractivity contribution in [2.45, 2.75) is 53.7 Å². The van der Waals surface area contributed by atoms with Crippen molar-refractivity contribution < 1.29 is 14.3 Å². The molecule has 1 aliphatic rings. The summed E-state index contributed by atoms with van der Waals surface area (Å²) in [6, 6.07) is 5.79. The van der Waals surface area contributed by atoms with Gasteiger partial charge in [0.2, 0.25) is 0 Å². The highest BCUT2D eigenvalue weighted by molar-refractivity contribution is 6.06. The van der Waals surface area contributed by atoms with Crippen LogP contribution in [0.3, 0.4) is 0 Å². The zero-order chi connectivity index (χ0) is 18.1. The van der Waals surface area contributed by atoms with Crippen LogP contribution in [0, 0.1) is 13.8 Å². The molecule has 1 atom stereocenters. The van der Waals surface area contributed by atoms with Gasteiger partial charge >= 0.3 is 0 Å². The molecule has 1 aliphatic heterocycles. The average molecular weight is 342 g/mol. The molecule has 0 radical (unpaired) electrons. The highest BCUT2D eigenvalue weighted by Gasteiger charge is 2.23. The molecule has 0 bridgehead atoms. The van der Waals surface area contributed by atoms with Crippen LogP contribution in [0.5, 0.6) is 11.5 Å². The average Bonchev–Trinajstić information content (AvgIpc) is 3.05. The maximum atomic E-state index is 12.8. The Morgan fingerprint density at radius 3 is 2.72 bits per heavy atom. The number of ether oxygens (including phenoxy) is 2. The van der Waals surface area contributed by atoms with Gasteiger partial charge in [-0.1, -0.05) is 0 Å². The van der Waals surface area contributed by atoms with Crippen molar-refractivity contribution >= 4 is 11.6 Å². The van der Waals surface area contributed by atoms with Crippen molar-refractivity contribution in [2.24, 2.45) is 0 Å². The molecule has 3 rings (SSSR count). The Morgan fingerprint density at radius 1 is 1.32 bits per heavy atom. The highest BCUT2D eigenvalue weighted by Crippen LogP contribution is 2.38. The Bertz CT molecular complexity index is 808. The molecule has 1 N–H and O–H groups in total. The van der Waals surface area contributed by atoms with Gasteiger partial charge in [0.1, 0.15) is 17.6 Å². The van der Waals surface area contributed by atoms with E-state index in [1.807, 2.05) is 45.9 Å². The van der Waals surface area contributed by atoms with E-state index in [-0.39, 0.29) is 12.0 Å². The summed E-state index contributed by atoms with van der Waals surface area (Å²) in [5.41, 5.74) is 4.53. The van der Waals surface area contributed by atoms with E-state index in [4.69, 9.17) is 9.47 Å². The number of nitrogens with one attached hydrogen (secondary N) is 1. The number of amides is 1. The number of rotatable bonds is 5. The van der Waals surface area contributed by atoms with Gasteiger partial charge in [-0.3, -0.25) is 4.79 Å². The fourth-order valence-corrected chi connectivity index (χ4v) is 3.52. The van der Waals surface area contributed by atoms with E-state index >= 15 is 0 Å². The Kier molecular flexibility index (Phi) is 4.75. The van der Waals surface area contributed by atoms with E-state index in [9.17, 15) is 4.79 Å². The highest BCUT2D eigenvalue weighted by atomic mass is 16.5. The molecule has 2 aromatic rings. The summed E-state index contributed by atoms with van der Waals surface area (Å²) in [4.78, 5) is 12.8. The third kappa shape index (κ3) is 3.23. The zero-order valence-electron chi connectivity index (χ0n) is 15.6. The number of anilines is 1. The molecule has 134 valence electrons. The van der Waals surface area contributed by atoms with Crippen LogP contribution in [0.25, 0.3) is 0 Å². The van der Waals surface area contributed by atoms with Crippen molar-refractivity contribution in [3.8, 4) is 11.5 Å². The largest absolute Gasteiger partial charge is 0.492 e. The first kappa shape index (κ1) is 17.4. The number of fused-ring (bicyclic) bond motifs is 1. The molecule has 1 amide bonds. The van der Waals surface area contributed by atoms with Crippen LogP contribution >= 0.6 is 0 Å². The van der Waals surface area contributed by atoms with Crippen LogP contribution in [-0.4, -0.2) is 23.2 Å². The van der Waals surface area contributed by atoms with Gasteiger partial charge in [0.05, 0.1) is 17.9 Å². The number of carbonyl (C=O) groups excluding carboxylic acids is 1. The first-order valence-electron chi connectivity index (χ1n) is 8.89. The van der Waals surface area contributed by atoms with E-state index in [2.05, 4.69) is 16.8 Å². The van der Waals surface area contributed by atoms with Gasteiger partial charge in [-0.15, -0.1) is 0 Å². The predicted molar refractivity (Wildman–Crippen MR) is 98.9 cm³/mol. The summed E-state index contributed by atoms with van der Waals surface area (Å²) >= 11 is 0. The molecule has 0 saturated carbocycles. The van der Waals surface area contributed by atoms with Crippen LogP contribution in [-0.2, 0) is 13.0 Å². The van der Waals surface area contributed by atoms with E-state index in [1.165, 1.54) is 0 Å². The molecular formula is C20H26N2O3. The minimum atomic E-state index is -0.125. The lowest BCUT2D eigenvalue weighted by Crippen LogP contribution is -2.14. The Morgan fingerprint density at radius 2 is 2.08 bits per heavy atom. The van der Waals surface area contributed by atoms with E-state index in [0.29, 0.717) is 23.6 Å². The van der Waals surface area contributed by atoms with Crippen molar-refractivity contribution in [1.82, 2.24) is 4.57 Å². The molecule has 1 unspecified atom stereocenters. The quantitative estimate of drug-likeness (QED) is 0.890. The summed E-state index contributed by atoms with van der Waals surface area (Å²) in [5.74, 6) is 1.39. The standard InChI is InChI=1S/C20H26N2O3/c1-6-22-12(3)8-16(14(22)5)20(23)21-17-11-18-15(9-13(4)25-18)10-19(17)24-7-2/h8,10-11,13H,6-7,9H2,1-5H3,(H,21,23). The van der Waals surface area contributed by atoms with Gasteiger partial charge in [-0.25, -0.2) is 0 Å². The molecule has 25 heavy (non-hydrogen) atoms. The number of aromatic nitrogens is 1. The second-order valence-electron chi connectivity index (χ2n) is 6.50. The molecular weight excluding hydrogens is 316 g/mol. The van der Waals surface area contributed by atoms with Gasteiger partial charge in [-0.2, -0.15) is 0 Å². The molecule has 1 aromatic carbocycles.